The van der Waals surface area contributed by atoms with Crippen molar-refractivity contribution >= 4 is 8.32 Å². The molecular formula is C19H27NO2Si. The van der Waals surface area contributed by atoms with Crippen LogP contribution >= 0.6 is 0 Å². The molecule has 2 rings (SSSR count). The lowest BCUT2D eigenvalue weighted by Gasteiger charge is -2.36. The Balaban J connectivity index is 2.31. The predicted molar refractivity (Wildman–Crippen MR) is 98.2 cm³/mol. The van der Waals surface area contributed by atoms with Gasteiger partial charge in [0.1, 0.15) is 5.75 Å². The minimum atomic E-state index is -1.83. The van der Waals surface area contributed by atoms with E-state index in [1.54, 1.807) is 6.20 Å². The first-order chi connectivity index (χ1) is 10.6. The average molecular weight is 330 g/mol. The zero-order chi connectivity index (χ0) is 17.3. The van der Waals surface area contributed by atoms with Crippen LogP contribution in [0.15, 0.2) is 36.5 Å². The zero-order valence-corrected chi connectivity index (χ0v) is 16.0. The molecule has 0 saturated carbocycles. The Morgan fingerprint density at radius 3 is 2.39 bits per heavy atom. The van der Waals surface area contributed by atoms with Gasteiger partial charge in [0, 0.05) is 11.8 Å². The van der Waals surface area contributed by atoms with E-state index in [0.29, 0.717) is 0 Å². The number of pyridine rings is 1. The molecule has 0 bridgehead atoms. The molecule has 2 aromatic rings. The summed E-state index contributed by atoms with van der Waals surface area (Å²) in [6, 6.07) is 9.92. The Hall–Kier alpha value is -1.65. The summed E-state index contributed by atoms with van der Waals surface area (Å²) < 4.78 is 6.36. The van der Waals surface area contributed by atoms with E-state index >= 15 is 0 Å². The highest BCUT2D eigenvalue weighted by atomic mass is 28.4. The first kappa shape index (κ1) is 17.7. The summed E-state index contributed by atoms with van der Waals surface area (Å²) in [5.41, 5.74) is 3.95. The first-order valence-corrected chi connectivity index (χ1v) is 10.9. The number of aromatic nitrogens is 1. The molecule has 0 aliphatic carbocycles. The van der Waals surface area contributed by atoms with Crippen molar-refractivity contribution < 1.29 is 9.53 Å². The maximum Gasteiger partial charge on any atom is 0.250 e. The first-order valence-electron chi connectivity index (χ1n) is 8.00. The molecule has 0 atom stereocenters. The molecule has 1 N–H and O–H groups in total. The third-order valence-electron chi connectivity index (χ3n) is 4.66. The minimum absolute atomic E-state index is 0.0289. The van der Waals surface area contributed by atoms with Crippen LogP contribution in [0.1, 0.15) is 31.9 Å². The molecule has 23 heavy (non-hydrogen) atoms. The van der Waals surface area contributed by atoms with Gasteiger partial charge < -0.3 is 9.53 Å². The molecule has 0 fully saturated rings. The minimum Gasteiger partial charge on any atom is -0.543 e. The molecule has 0 spiro atoms. The van der Waals surface area contributed by atoms with Crippen LogP contribution in [0.4, 0.5) is 0 Å². The maximum absolute atomic E-state index is 9.28. The average Bonchev–Trinajstić information content (AvgIpc) is 2.46. The van der Waals surface area contributed by atoms with Crippen molar-refractivity contribution in [1.29, 1.82) is 0 Å². The highest BCUT2D eigenvalue weighted by molar-refractivity contribution is 6.74. The lowest BCUT2D eigenvalue weighted by Crippen LogP contribution is -2.43. The topological polar surface area (TPSA) is 42.4 Å². The highest BCUT2D eigenvalue weighted by Gasteiger charge is 2.38. The zero-order valence-electron chi connectivity index (χ0n) is 15.0. The highest BCUT2D eigenvalue weighted by Crippen LogP contribution is 2.38. The van der Waals surface area contributed by atoms with Crippen LogP contribution in [0.2, 0.25) is 18.1 Å². The molecule has 0 aliphatic heterocycles. The van der Waals surface area contributed by atoms with E-state index in [4.69, 9.17) is 4.43 Å². The van der Waals surface area contributed by atoms with Crippen LogP contribution in [-0.4, -0.2) is 18.4 Å². The summed E-state index contributed by atoms with van der Waals surface area (Å²) in [5, 5.41) is 9.46. The van der Waals surface area contributed by atoms with Gasteiger partial charge in [-0.15, -0.1) is 0 Å². The van der Waals surface area contributed by atoms with Gasteiger partial charge in [-0.3, -0.25) is 4.98 Å². The van der Waals surface area contributed by atoms with E-state index in [2.05, 4.69) is 57.9 Å². The van der Waals surface area contributed by atoms with Crippen molar-refractivity contribution in [2.45, 2.75) is 52.4 Å². The van der Waals surface area contributed by atoms with Crippen molar-refractivity contribution in [3.63, 3.8) is 0 Å². The lowest BCUT2D eigenvalue weighted by molar-refractivity contribution is 0.282. The SMILES string of the molecule is Cc1cc(O[Si](C)(C)C(C)(C)C)ccc1-c1cc(CO)ccn1. The number of aryl methyl sites for hydroxylation is 1. The predicted octanol–water partition coefficient (Wildman–Crippen LogP) is 4.93. The number of nitrogens with zero attached hydrogens (tertiary/aromatic N) is 1. The number of rotatable bonds is 4. The van der Waals surface area contributed by atoms with Crippen molar-refractivity contribution in [3.05, 3.63) is 47.7 Å². The molecule has 0 amide bonds. The Morgan fingerprint density at radius 2 is 1.83 bits per heavy atom. The van der Waals surface area contributed by atoms with Gasteiger partial charge in [0.05, 0.1) is 12.3 Å². The molecule has 0 unspecified atom stereocenters. The Morgan fingerprint density at radius 1 is 1.13 bits per heavy atom. The van der Waals surface area contributed by atoms with Crippen LogP contribution < -0.4 is 4.43 Å². The molecule has 0 radical (unpaired) electrons. The normalized spacial score (nSPS) is 12.3. The van der Waals surface area contributed by atoms with Crippen molar-refractivity contribution in [2.75, 3.05) is 0 Å². The molecular weight excluding hydrogens is 302 g/mol. The largest absolute Gasteiger partial charge is 0.543 e. The number of hydrogen-bond acceptors (Lipinski definition) is 3. The molecule has 4 heteroatoms. The van der Waals surface area contributed by atoms with Crippen LogP contribution in [0.5, 0.6) is 5.75 Å². The quantitative estimate of drug-likeness (QED) is 0.808. The molecule has 1 heterocycles. The van der Waals surface area contributed by atoms with Crippen LogP contribution in [0.3, 0.4) is 0 Å². The number of aliphatic hydroxyl groups is 1. The second kappa shape index (κ2) is 6.46. The second-order valence-electron chi connectivity index (χ2n) is 7.55. The monoisotopic (exact) mass is 329 g/mol. The Labute approximate surface area is 140 Å². The van der Waals surface area contributed by atoms with Gasteiger partial charge >= 0.3 is 0 Å². The smallest absolute Gasteiger partial charge is 0.250 e. The van der Waals surface area contributed by atoms with E-state index in [-0.39, 0.29) is 11.6 Å². The Bertz CT molecular complexity index is 690. The van der Waals surface area contributed by atoms with Gasteiger partial charge in [0.15, 0.2) is 0 Å². The number of aliphatic hydroxyl groups excluding tert-OH is 1. The third kappa shape index (κ3) is 4.01. The van der Waals surface area contributed by atoms with Gasteiger partial charge in [0.2, 0.25) is 8.32 Å². The Kier molecular flexibility index (Phi) is 4.97. The van der Waals surface area contributed by atoms with Crippen LogP contribution in [-0.2, 0) is 6.61 Å². The number of benzene rings is 1. The molecule has 1 aromatic carbocycles. The van der Waals surface area contributed by atoms with Crippen molar-refractivity contribution in [2.24, 2.45) is 0 Å². The fraction of sp³-hybridized carbons (Fsp3) is 0.421. The van der Waals surface area contributed by atoms with E-state index in [0.717, 1.165) is 28.1 Å². The number of hydrogen-bond donors (Lipinski definition) is 1. The molecule has 1 aromatic heterocycles. The van der Waals surface area contributed by atoms with Crippen LogP contribution in [0.25, 0.3) is 11.3 Å². The van der Waals surface area contributed by atoms with E-state index in [1.165, 1.54) is 0 Å². The fourth-order valence-electron chi connectivity index (χ4n) is 2.15. The van der Waals surface area contributed by atoms with Gasteiger partial charge in [-0.25, -0.2) is 0 Å². The lowest BCUT2D eigenvalue weighted by atomic mass is 10.0. The summed E-state index contributed by atoms with van der Waals surface area (Å²) in [5.74, 6) is 0.927. The fourth-order valence-corrected chi connectivity index (χ4v) is 3.18. The molecule has 0 aliphatic rings. The molecule has 0 saturated heterocycles. The van der Waals surface area contributed by atoms with Gasteiger partial charge in [-0.05, 0) is 66.5 Å². The van der Waals surface area contributed by atoms with Crippen molar-refractivity contribution in [1.82, 2.24) is 4.98 Å². The summed E-state index contributed by atoms with van der Waals surface area (Å²) in [7, 11) is -1.83. The second-order valence-corrected chi connectivity index (χ2v) is 12.3. The van der Waals surface area contributed by atoms with Gasteiger partial charge in [-0.1, -0.05) is 20.8 Å². The van der Waals surface area contributed by atoms with Gasteiger partial charge in [-0.2, -0.15) is 0 Å². The van der Waals surface area contributed by atoms with Crippen molar-refractivity contribution in [3.8, 4) is 17.0 Å². The summed E-state index contributed by atoms with van der Waals surface area (Å²) in [6.07, 6.45) is 1.74. The van der Waals surface area contributed by atoms with E-state index < -0.39 is 8.32 Å². The third-order valence-corrected chi connectivity index (χ3v) is 9.02. The van der Waals surface area contributed by atoms with E-state index in [9.17, 15) is 5.11 Å². The van der Waals surface area contributed by atoms with Gasteiger partial charge in [0.25, 0.3) is 0 Å². The molecule has 3 nitrogen and oxygen atoms in total. The summed E-state index contributed by atoms with van der Waals surface area (Å²) in [6.45, 7) is 13.3. The van der Waals surface area contributed by atoms with Crippen LogP contribution in [0, 0.1) is 6.92 Å². The standard InChI is InChI=1S/C19H27NO2Si/c1-14-11-16(22-23(5,6)19(2,3)4)7-8-17(14)18-12-15(13-21)9-10-20-18/h7-12,21H,13H2,1-6H3. The summed E-state index contributed by atoms with van der Waals surface area (Å²) in [4.78, 5) is 4.42. The van der Waals surface area contributed by atoms with E-state index in [1.807, 2.05) is 18.2 Å². The summed E-state index contributed by atoms with van der Waals surface area (Å²) >= 11 is 0. The maximum atomic E-state index is 9.28. The molecule has 124 valence electrons.